The van der Waals surface area contributed by atoms with Gasteiger partial charge in [0.25, 0.3) is 11.8 Å². The number of ether oxygens (including phenoxy) is 2. The molecule has 0 unspecified atom stereocenters. The number of likely N-dealkylation sites (tertiary alicyclic amines) is 2. The van der Waals surface area contributed by atoms with Crippen molar-refractivity contribution in [3.8, 4) is 11.1 Å². The van der Waals surface area contributed by atoms with Crippen molar-refractivity contribution in [2.75, 3.05) is 33.9 Å². The molecule has 2 aliphatic heterocycles. The third-order valence-electron chi connectivity index (χ3n) is 10.5. The van der Waals surface area contributed by atoms with Gasteiger partial charge in [0.05, 0.1) is 31.3 Å². The lowest BCUT2D eigenvalue weighted by atomic mass is 10.1. The third-order valence-corrected chi connectivity index (χ3v) is 10.5. The maximum atomic E-state index is 13.9. The number of imidazole rings is 1. The van der Waals surface area contributed by atoms with Gasteiger partial charge in [-0.05, 0) is 60.6 Å². The summed E-state index contributed by atoms with van der Waals surface area (Å²) in [6, 6.07) is 24.9. The lowest BCUT2D eigenvalue weighted by Gasteiger charge is -2.29. The van der Waals surface area contributed by atoms with Crippen LogP contribution in [0.15, 0.2) is 97.2 Å². The van der Waals surface area contributed by atoms with Gasteiger partial charge in [0, 0.05) is 37.4 Å². The van der Waals surface area contributed by atoms with E-state index in [0.29, 0.717) is 42.9 Å². The first-order chi connectivity index (χ1) is 27.7. The van der Waals surface area contributed by atoms with Crippen LogP contribution in [0.5, 0.6) is 0 Å². The molecule has 4 N–H and O–H groups in total. The number of hydrogen-bond donors (Lipinski definition) is 4. The van der Waals surface area contributed by atoms with E-state index in [4.69, 9.17) is 14.5 Å². The summed E-state index contributed by atoms with van der Waals surface area (Å²) in [6.07, 6.45) is 3.19. The average molecular weight is 773 g/mol. The highest BCUT2D eigenvalue weighted by atomic mass is 16.5. The largest absolute Gasteiger partial charge is 0.453 e. The molecule has 0 spiro atoms. The number of aromatic nitrogens is 3. The van der Waals surface area contributed by atoms with Crippen LogP contribution in [0.3, 0.4) is 0 Å². The standard InChI is InChI=1S/C42H44N8O7/c1-56-41(54)47-35(26-11-5-3-6-12-26)39(52)49-21-9-15-30(49)25-44-38(51)32-20-18-29(24-43-32)28-17-19-31-33(23-28)46-37(45-31)34-16-10-22-50(34)40(53)36(48-42(55)57-2)27-13-7-4-8-14-27/h3-8,11-14,17-20,23-24,30,34-36H,9-10,15-16,21-22,25H2,1-2H3,(H,44,51)(H,45,46)(H,47,54)(H,48,55)/t30-,34-,35+,36+/m0/s1. The fourth-order valence-corrected chi connectivity index (χ4v) is 7.57. The van der Waals surface area contributed by atoms with Gasteiger partial charge in [0.1, 0.15) is 23.6 Å². The average Bonchev–Trinajstić information content (AvgIpc) is 4.04. The van der Waals surface area contributed by atoms with Crippen molar-refractivity contribution in [3.05, 3.63) is 120 Å². The zero-order chi connectivity index (χ0) is 39.9. The van der Waals surface area contributed by atoms with Crippen molar-refractivity contribution in [1.82, 2.24) is 40.7 Å². The molecule has 15 nitrogen and oxygen atoms in total. The van der Waals surface area contributed by atoms with Crippen LogP contribution in [-0.2, 0) is 19.1 Å². The second-order valence-corrected chi connectivity index (χ2v) is 14.0. The quantitative estimate of drug-likeness (QED) is 0.140. The van der Waals surface area contributed by atoms with Crippen LogP contribution in [0.2, 0.25) is 0 Å². The molecule has 0 saturated carbocycles. The van der Waals surface area contributed by atoms with Gasteiger partial charge in [-0.1, -0.05) is 72.8 Å². The molecule has 5 aromatic rings. The molecule has 7 rings (SSSR count). The molecule has 57 heavy (non-hydrogen) atoms. The molecule has 2 saturated heterocycles. The Bertz CT molecular complexity index is 2230. The van der Waals surface area contributed by atoms with Gasteiger partial charge in [-0.15, -0.1) is 0 Å². The van der Waals surface area contributed by atoms with Gasteiger partial charge in [0.15, 0.2) is 0 Å². The number of carbonyl (C=O) groups excluding carboxylic acids is 5. The number of H-pyrrole nitrogens is 1. The maximum Gasteiger partial charge on any atom is 0.407 e. The Morgan fingerprint density at radius 1 is 0.754 bits per heavy atom. The molecule has 15 heteroatoms. The molecule has 3 aromatic carbocycles. The molecule has 0 aliphatic carbocycles. The fourth-order valence-electron chi connectivity index (χ4n) is 7.57. The SMILES string of the molecule is COC(=O)N[C@@H](C(=O)N1CCC[C@H]1CNC(=O)c1ccc(-c2ccc3nc([C@@H]4CCCN4C(=O)[C@H](NC(=O)OC)c4ccccc4)[nH]c3c2)cn1)c1ccccc1. The molecule has 2 aliphatic rings. The minimum Gasteiger partial charge on any atom is -0.453 e. The number of rotatable bonds is 11. The van der Waals surface area contributed by atoms with E-state index in [1.807, 2.05) is 48.5 Å². The van der Waals surface area contributed by atoms with Gasteiger partial charge in [-0.25, -0.2) is 14.6 Å². The smallest absolute Gasteiger partial charge is 0.407 e. The summed E-state index contributed by atoms with van der Waals surface area (Å²) in [5.41, 5.74) is 4.69. The molecule has 2 fully saturated rings. The lowest BCUT2D eigenvalue weighted by molar-refractivity contribution is -0.135. The number of aromatic amines is 1. The van der Waals surface area contributed by atoms with Gasteiger partial charge < -0.3 is 40.2 Å². The number of pyridine rings is 1. The Kier molecular flexibility index (Phi) is 11.7. The minimum absolute atomic E-state index is 0.227. The first kappa shape index (κ1) is 38.5. The van der Waals surface area contributed by atoms with E-state index < -0.39 is 24.3 Å². The number of methoxy groups -OCH3 is 2. The molecular weight excluding hydrogens is 729 g/mol. The minimum atomic E-state index is -0.923. The number of carbonyl (C=O) groups is 5. The molecule has 4 atom stereocenters. The fraction of sp³-hybridized carbons (Fsp3) is 0.310. The summed E-state index contributed by atoms with van der Waals surface area (Å²) in [5.74, 6) is -0.232. The molecular formula is C42H44N8O7. The summed E-state index contributed by atoms with van der Waals surface area (Å²) >= 11 is 0. The number of nitrogens with one attached hydrogen (secondary N) is 4. The molecule has 294 valence electrons. The highest BCUT2D eigenvalue weighted by Gasteiger charge is 2.38. The zero-order valence-corrected chi connectivity index (χ0v) is 31.6. The van der Waals surface area contributed by atoms with Crippen molar-refractivity contribution < 1.29 is 33.4 Å². The van der Waals surface area contributed by atoms with Crippen molar-refractivity contribution in [2.24, 2.45) is 0 Å². The van der Waals surface area contributed by atoms with Crippen LogP contribution < -0.4 is 16.0 Å². The normalized spacial score (nSPS) is 17.4. The molecule has 5 amide bonds. The Labute approximate surface area is 329 Å². The second-order valence-electron chi connectivity index (χ2n) is 14.0. The highest BCUT2D eigenvalue weighted by molar-refractivity contribution is 5.93. The van der Waals surface area contributed by atoms with Gasteiger partial charge in [-0.3, -0.25) is 19.4 Å². The van der Waals surface area contributed by atoms with E-state index in [9.17, 15) is 24.0 Å². The van der Waals surface area contributed by atoms with E-state index in [1.165, 1.54) is 14.2 Å². The van der Waals surface area contributed by atoms with Crippen molar-refractivity contribution in [3.63, 3.8) is 0 Å². The van der Waals surface area contributed by atoms with E-state index in [2.05, 4.69) is 25.9 Å². The third kappa shape index (κ3) is 8.57. The van der Waals surface area contributed by atoms with Gasteiger partial charge in [-0.2, -0.15) is 0 Å². The maximum absolute atomic E-state index is 13.9. The topological polar surface area (TPSA) is 188 Å². The summed E-state index contributed by atoms with van der Waals surface area (Å²) in [6.45, 7) is 1.25. The van der Waals surface area contributed by atoms with E-state index in [-0.39, 0.29) is 42.0 Å². The van der Waals surface area contributed by atoms with Crippen LogP contribution in [0.25, 0.3) is 22.2 Å². The Morgan fingerprint density at radius 3 is 1.96 bits per heavy atom. The van der Waals surface area contributed by atoms with Crippen LogP contribution in [0.1, 0.15) is 71.2 Å². The monoisotopic (exact) mass is 772 g/mol. The summed E-state index contributed by atoms with van der Waals surface area (Å²) in [7, 11) is 2.51. The number of alkyl carbamates (subject to hydrolysis) is 2. The highest BCUT2D eigenvalue weighted by Crippen LogP contribution is 2.35. The Balaban J connectivity index is 1.00. The van der Waals surface area contributed by atoms with Crippen molar-refractivity contribution >= 4 is 40.9 Å². The first-order valence-corrected chi connectivity index (χ1v) is 18.9. The predicted molar refractivity (Wildman–Crippen MR) is 210 cm³/mol. The molecule has 2 aromatic heterocycles. The zero-order valence-electron chi connectivity index (χ0n) is 31.6. The van der Waals surface area contributed by atoms with Gasteiger partial charge in [0.2, 0.25) is 5.91 Å². The number of benzene rings is 3. The number of nitrogens with zero attached hydrogens (tertiary/aromatic N) is 4. The summed E-state index contributed by atoms with van der Waals surface area (Å²) in [5, 5.41) is 8.28. The van der Waals surface area contributed by atoms with Crippen LogP contribution in [0.4, 0.5) is 9.59 Å². The van der Waals surface area contributed by atoms with Crippen LogP contribution in [0, 0.1) is 0 Å². The number of hydrogen-bond acceptors (Lipinski definition) is 9. The summed E-state index contributed by atoms with van der Waals surface area (Å²) < 4.78 is 9.59. The Morgan fingerprint density at radius 2 is 1.35 bits per heavy atom. The molecule has 0 radical (unpaired) electrons. The number of amides is 5. The second kappa shape index (κ2) is 17.4. The Hall–Kier alpha value is -6.77. The predicted octanol–water partition coefficient (Wildman–Crippen LogP) is 5.20. The first-order valence-electron chi connectivity index (χ1n) is 18.9. The van der Waals surface area contributed by atoms with Crippen molar-refractivity contribution in [1.29, 1.82) is 0 Å². The van der Waals surface area contributed by atoms with Crippen LogP contribution >= 0.6 is 0 Å². The van der Waals surface area contributed by atoms with Crippen molar-refractivity contribution in [2.45, 2.75) is 49.9 Å². The van der Waals surface area contributed by atoms with Gasteiger partial charge >= 0.3 is 12.2 Å². The molecule has 4 heterocycles. The van der Waals surface area contributed by atoms with E-state index >= 15 is 0 Å². The van der Waals surface area contributed by atoms with E-state index in [1.54, 1.807) is 58.5 Å². The van der Waals surface area contributed by atoms with E-state index in [0.717, 1.165) is 35.0 Å². The molecule has 0 bridgehead atoms. The van der Waals surface area contributed by atoms with Crippen LogP contribution in [-0.4, -0.2) is 94.6 Å². The number of fused-ring (bicyclic) bond motifs is 1. The summed E-state index contributed by atoms with van der Waals surface area (Å²) in [4.78, 5) is 81.3. The lowest BCUT2D eigenvalue weighted by Crippen LogP contribution is -2.48.